The lowest BCUT2D eigenvalue weighted by molar-refractivity contribution is -0.133. The van der Waals surface area contributed by atoms with E-state index in [4.69, 9.17) is 0 Å². The van der Waals surface area contributed by atoms with Crippen molar-refractivity contribution in [2.24, 2.45) is 0 Å². The summed E-state index contributed by atoms with van der Waals surface area (Å²) in [7, 11) is 0. The van der Waals surface area contributed by atoms with Gasteiger partial charge in [-0.15, -0.1) is 11.3 Å². The summed E-state index contributed by atoms with van der Waals surface area (Å²) in [5, 5.41) is 1.77. The van der Waals surface area contributed by atoms with Crippen molar-refractivity contribution < 1.29 is 9.59 Å². The summed E-state index contributed by atoms with van der Waals surface area (Å²) in [5.74, 6) is -0.115. The zero-order valence-electron chi connectivity index (χ0n) is 17.9. The van der Waals surface area contributed by atoms with Crippen LogP contribution in [0.3, 0.4) is 0 Å². The molecule has 8 nitrogen and oxygen atoms in total. The molecular weight excluding hydrogens is 416 g/mol. The summed E-state index contributed by atoms with van der Waals surface area (Å²) >= 11 is 1.27. The fourth-order valence-electron chi connectivity index (χ4n) is 4.55. The van der Waals surface area contributed by atoms with Crippen molar-refractivity contribution in [2.75, 3.05) is 26.2 Å². The van der Waals surface area contributed by atoms with Crippen LogP contribution in [0, 0.1) is 0 Å². The van der Waals surface area contributed by atoms with E-state index in [0.717, 1.165) is 62.6 Å². The fraction of sp³-hybridized carbons (Fsp3) is 0.636. The van der Waals surface area contributed by atoms with Crippen LogP contribution in [-0.4, -0.2) is 56.9 Å². The smallest absolute Gasteiger partial charge is 0.332 e. The molecule has 0 spiro atoms. The first kappa shape index (κ1) is 21.8. The van der Waals surface area contributed by atoms with Gasteiger partial charge in [0.05, 0.1) is 5.52 Å². The summed E-state index contributed by atoms with van der Waals surface area (Å²) in [6, 6.07) is 1.72. The van der Waals surface area contributed by atoms with Gasteiger partial charge in [-0.1, -0.05) is 12.8 Å². The molecule has 31 heavy (non-hydrogen) atoms. The molecule has 0 radical (unpaired) electrons. The van der Waals surface area contributed by atoms with E-state index in [1.54, 1.807) is 11.4 Å². The first-order valence-corrected chi connectivity index (χ1v) is 12.2. The standard InChI is InChI=1S/C22H30N4O4S/c27-18(23-10-6-3-7-11-23)8-14-25-21(29)20-17(9-15-31-20)26(22(25)30)16-19(28)24-12-4-1-2-5-13-24/h9,15H,1-8,10-14,16H2. The van der Waals surface area contributed by atoms with Crippen LogP contribution in [0.1, 0.15) is 51.4 Å². The number of thiophene rings is 1. The molecule has 0 saturated carbocycles. The zero-order valence-corrected chi connectivity index (χ0v) is 18.7. The molecule has 4 rings (SSSR count). The van der Waals surface area contributed by atoms with E-state index in [1.807, 2.05) is 9.80 Å². The minimum absolute atomic E-state index is 0.0236. The first-order chi connectivity index (χ1) is 15.1. The minimum atomic E-state index is -0.509. The predicted molar refractivity (Wildman–Crippen MR) is 120 cm³/mol. The van der Waals surface area contributed by atoms with Gasteiger partial charge < -0.3 is 9.80 Å². The van der Waals surface area contributed by atoms with Crippen molar-refractivity contribution in [3.05, 3.63) is 32.3 Å². The van der Waals surface area contributed by atoms with Crippen LogP contribution in [0.5, 0.6) is 0 Å². The molecular formula is C22H30N4O4S. The highest BCUT2D eigenvalue weighted by atomic mass is 32.1. The van der Waals surface area contributed by atoms with Crippen molar-refractivity contribution in [3.8, 4) is 0 Å². The SMILES string of the molecule is O=C(CCn1c(=O)c2sccc2n(CC(=O)N2CCCCCC2)c1=O)N1CCCCC1. The van der Waals surface area contributed by atoms with Gasteiger partial charge >= 0.3 is 5.69 Å². The summed E-state index contributed by atoms with van der Waals surface area (Å²) in [4.78, 5) is 55.3. The van der Waals surface area contributed by atoms with Crippen molar-refractivity contribution in [2.45, 2.75) is 64.5 Å². The van der Waals surface area contributed by atoms with E-state index >= 15 is 0 Å². The van der Waals surface area contributed by atoms with E-state index < -0.39 is 5.69 Å². The van der Waals surface area contributed by atoms with Crippen LogP contribution in [0.25, 0.3) is 10.2 Å². The van der Waals surface area contributed by atoms with Crippen molar-refractivity contribution in [1.29, 1.82) is 0 Å². The molecule has 4 heterocycles. The zero-order chi connectivity index (χ0) is 21.8. The number of aromatic nitrogens is 2. The van der Waals surface area contributed by atoms with Crippen molar-refractivity contribution >= 4 is 33.4 Å². The number of nitrogens with zero attached hydrogens (tertiary/aromatic N) is 4. The van der Waals surface area contributed by atoms with Crippen LogP contribution in [0.15, 0.2) is 21.0 Å². The third-order valence-electron chi connectivity index (χ3n) is 6.35. The maximum Gasteiger partial charge on any atom is 0.332 e. The third kappa shape index (κ3) is 4.76. The molecule has 0 N–H and O–H groups in total. The molecule has 2 aliphatic heterocycles. The van der Waals surface area contributed by atoms with Gasteiger partial charge in [0.15, 0.2) is 0 Å². The molecule has 2 fully saturated rings. The van der Waals surface area contributed by atoms with Gasteiger partial charge in [-0.3, -0.25) is 23.5 Å². The number of carbonyl (C=O) groups excluding carboxylic acids is 2. The van der Waals surface area contributed by atoms with Crippen LogP contribution in [0.2, 0.25) is 0 Å². The monoisotopic (exact) mass is 446 g/mol. The Hall–Kier alpha value is -2.42. The highest BCUT2D eigenvalue weighted by molar-refractivity contribution is 7.17. The summed E-state index contributed by atoms with van der Waals surface area (Å²) in [5.41, 5.74) is -0.382. The fourth-order valence-corrected chi connectivity index (χ4v) is 5.39. The Labute approximate surface area is 185 Å². The molecule has 2 aromatic rings. The molecule has 0 atom stereocenters. The molecule has 168 valence electrons. The van der Waals surface area contributed by atoms with Crippen LogP contribution >= 0.6 is 11.3 Å². The molecule has 2 aliphatic rings. The van der Waals surface area contributed by atoms with Crippen molar-refractivity contribution in [3.63, 3.8) is 0 Å². The molecule has 2 amide bonds. The highest BCUT2D eigenvalue weighted by Gasteiger charge is 2.22. The van der Waals surface area contributed by atoms with Gasteiger partial charge in [0.2, 0.25) is 11.8 Å². The second kappa shape index (κ2) is 9.80. The average molecular weight is 447 g/mol. The number of likely N-dealkylation sites (tertiary alicyclic amines) is 2. The van der Waals surface area contributed by atoms with Gasteiger partial charge in [0.1, 0.15) is 11.2 Å². The maximum absolute atomic E-state index is 13.2. The molecule has 9 heteroatoms. The van der Waals surface area contributed by atoms with Gasteiger partial charge in [-0.05, 0) is 43.6 Å². The summed E-state index contributed by atoms with van der Waals surface area (Å²) in [6.07, 6.45) is 7.44. The third-order valence-corrected chi connectivity index (χ3v) is 7.24. The molecule has 0 aromatic carbocycles. The quantitative estimate of drug-likeness (QED) is 0.704. The summed E-state index contributed by atoms with van der Waals surface area (Å²) in [6.45, 7) is 2.87. The van der Waals surface area contributed by atoms with E-state index in [9.17, 15) is 19.2 Å². The minimum Gasteiger partial charge on any atom is -0.343 e. The van der Waals surface area contributed by atoms with Gasteiger partial charge in [0, 0.05) is 39.1 Å². The number of fused-ring (bicyclic) bond motifs is 1. The van der Waals surface area contributed by atoms with Crippen LogP contribution < -0.4 is 11.2 Å². The van der Waals surface area contributed by atoms with E-state index in [-0.39, 0.29) is 36.9 Å². The number of amides is 2. The van der Waals surface area contributed by atoms with Crippen molar-refractivity contribution in [1.82, 2.24) is 18.9 Å². The Kier molecular flexibility index (Phi) is 6.89. The molecule has 0 unspecified atom stereocenters. The first-order valence-electron chi connectivity index (χ1n) is 11.3. The Morgan fingerprint density at radius 2 is 1.39 bits per heavy atom. The van der Waals surface area contributed by atoms with Crippen LogP contribution in [-0.2, 0) is 22.7 Å². The number of hydrogen-bond acceptors (Lipinski definition) is 5. The average Bonchev–Trinajstić information content (AvgIpc) is 3.11. The lowest BCUT2D eigenvalue weighted by Crippen LogP contribution is -2.44. The highest BCUT2D eigenvalue weighted by Crippen LogP contribution is 2.17. The Morgan fingerprint density at radius 1 is 0.806 bits per heavy atom. The number of piperidine rings is 1. The Bertz CT molecular complexity index is 1060. The maximum atomic E-state index is 13.2. The molecule has 2 saturated heterocycles. The van der Waals surface area contributed by atoms with Gasteiger partial charge in [-0.2, -0.15) is 0 Å². The lowest BCUT2D eigenvalue weighted by atomic mass is 10.1. The Balaban J connectivity index is 1.58. The molecule has 2 aromatic heterocycles. The van der Waals surface area contributed by atoms with E-state index in [0.29, 0.717) is 23.3 Å². The second-order valence-electron chi connectivity index (χ2n) is 8.45. The van der Waals surface area contributed by atoms with E-state index in [1.165, 1.54) is 15.9 Å². The second-order valence-corrected chi connectivity index (χ2v) is 9.36. The van der Waals surface area contributed by atoms with Crippen LogP contribution in [0.4, 0.5) is 0 Å². The predicted octanol–water partition coefficient (Wildman–Crippen LogP) is 2.03. The molecule has 0 bridgehead atoms. The number of hydrogen-bond donors (Lipinski definition) is 0. The van der Waals surface area contributed by atoms with Gasteiger partial charge in [-0.25, -0.2) is 4.79 Å². The number of carbonyl (C=O) groups is 2. The molecule has 0 aliphatic carbocycles. The summed E-state index contributed by atoms with van der Waals surface area (Å²) < 4.78 is 3.00. The number of rotatable bonds is 5. The lowest BCUT2D eigenvalue weighted by Gasteiger charge is -2.26. The van der Waals surface area contributed by atoms with E-state index in [2.05, 4.69) is 0 Å². The Morgan fingerprint density at radius 3 is 2.03 bits per heavy atom. The topological polar surface area (TPSA) is 84.6 Å². The van der Waals surface area contributed by atoms with Gasteiger partial charge in [0.25, 0.3) is 5.56 Å². The normalized spacial score (nSPS) is 17.7. The largest absolute Gasteiger partial charge is 0.343 e.